The van der Waals surface area contributed by atoms with Gasteiger partial charge in [-0.15, -0.1) is 5.10 Å². The van der Waals surface area contributed by atoms with Crippen LogP contribution in [0.1, 0.15) is 61.5 Å². The van der Waals surface area contributed by atoms with Crippen LogP contribution in [0.25, 0.3) is 6.08 Å². The molecule has 2 aliphatic rings. The highest BCUT2D eigenvalue weighted by molar-refractivity contribution is 6.01. The van der Waals surface area contributed by atoms with E-state index in [2.05, 4.69) is 45.6 Å². The summed E-state index contributed by atoms with van der Waals surface area (Å²) in [6, 6.07) is 8.63. The molecule has 0 N–H and O–H groups in total. The van der Waals surface area contributed by atoms with Crippen molar-refractivity contribution in [1.82, 2.24) is 19.7 Å². The molecule has 2 fully saturated rings. The number of rotatable bonds is 4. The molecule has 0 unspecified atom stereocenters. The second kappa shape index (κ2) is 9.99. The molecule has 168 valence electrons. The first kappa shape index (κ1) is 22.1. The fraction of sp³-hybridized carbons (Fsp3) is 0.520. The Bertz CT molecular complexity index is 1010. The van der Waals surface area contributed by atoms with E-state index in [1.54, 1.807) is 17.2 Å². The van der Waals surface area contributed by atoms with E-state index in [1.165, 1.54) is 37.8 Å². The molecule has 3 heterocycles. The largest absolute Gasteiger partial charge is 0.353 e. The molecule has 4 rings (SSSR count). The Hall–Kier alpha value is -3.14. The van der Waals surface area contributed by atoms with Gasteiger partial charge >= 0.3 is 0 Å². The molecule has 2 aromatic rings. The summed E-state index contributed by atoms with van der Waals surface area (Å²) in [6.07, 6.45) is 10.6. The third-order valence-electron chi connectivity index (χ3n) is 6.78. The van der Waals surface area contributed by atoms with Crippen LogP contribution in [0.15, 0.2) is 30.0 Å². The maximum Gasteiger partial charge on any atom is 0.264 e. The lowest BCUT2D eigenvalue weighted by molar-refractivity contribution is -0.126. The lowest BCUT2D eigenvalue weighted by Crippen LogP contribution is -2.36. The van der Waals surface area contributed by atoms with Gasteiger partial charge in [0.1, 0.15) is 11.6 Å². The van der Waals surface area contributed by atoms with Crippen LogP contribution in [-0.4, -0.2) is 51.8 Å². The molecule has 0 atom stereocenters. The summed E-state index contributed by atoms with van der Waals surface area (Å²) in [5, 5.41) is 17.9. The molecule has 0 radical (unpaired) electrons. The second-order valence-corrected chi connectivity index (χ2v) is 8.87. The van der Waals surface area contributed by atoms with Crippen LogP contribution in [0.2, 0.25) is 0 Å². The monoisotopic (exact) mass is 432 g/mol. The topological polar surface area (TPSA) is 78.1 Å². The molecule has 0 spiro atoms. The van der Waals surface area contributed by atoms with Crippen molar-refractivity contribution in [2.24, 2.45) is 0 Å². The van der Waals surface area contributed by atoms with Gasteiger partial charge in [0.15, 0.2) is 5.82 Å². The van der Waals surface area contributed by atoms with Gasteiger partial charge in [-0.05, 0) is 62.9 Å². The van der Waals surface area contributed by atoms with E-state index in [0.717, 1.165) is 30.0 Å². The maximum atomic E-state index is 13.2. The zero-order valence-corrected chi connectivity index (χ0v) is 19.1. The highest BCUT2D eigenvalue weighted by Gasteiger charge is 2.24. The summed E-state index contributed by atoms with van der Waals surface area (Å²) >= 11 is 0. The number of amides is 1. The summed E-state index contributed by atoms with van der Waals surface area (Å²) < 4.78 is 2.41. The fourth-order valence-corrected chi connectivity index (χ4v) is 5.13. The van der Waals surface area contributed by atoms with Crippen molar-refractivity contribution in [3.63, 3.8) is 0 Å². The molecule has 1 saturated carbocycles. The number of nitrogens with zero attached hydrogens (tertiary/aromatic N) is 6. The summed E-state index contributed by atoms with van der Waals surface area (Å²) in [5.74, 6) is 0.643. The van der Waals surface area contributed by atoms with Crippen LogP contribution in [0, 0.1) is 25.2 Å². The molecule has 1 aliphatic carbocycles. The molecule has 0 bridgehead atoms. The van der Waals surface area contributed by atoms with Crippen LogP contribution in [0.5, 0.6) is 0 Å². The molecule has 1 saturated heterocycles. The van der Waals surface area contributed by atoms with Gasteiger partial charge in [-0.3, -0.25) is 4.79 Å². The van der Waals surface area contributed by atoms with E-state index in [-0.39, 0.29) is 11.5 Å². The number of aromatic nitrogens is 3. The predicted molar refractivity (Wildman–Crippen MR) is 125 cm³/mol. The van der Waals surface area contributed by atoms with Crippen molar-refractivity contribution in [3.8, 4) is 6.07 Å². The molecule has 7 heteroatoms. The number of anilines is 1. The average Bonchev–Trinajstić information content (AvgIpc) is 2.98. The minimum Gasteiger partial charge on any atom is -0.353 e. The summed E-state index contributed by atoms with van der Waals surface area (Å²) in [7, 11) is 0. The van der Waals surface area contributed by atoms with Crippen molar-refractivity contribution in [1.29, 1.82) is 5.26 Å². The quantitative estimate of drug-likeness (QED) is 0.538. The lowest BCUT2D eigenvalue weighted by Gasteiger charge is -2.26. The first-order valence-electron chi connectivity index (χ1n) is 11.7. The SMILES string of the molecule is Cc1cc(/C=C(/C#N)C(=O)N2CCCN(c3cccnn3)CC2)c(C)n1C1CCCCC1. The molecule has 1 amide bonds. The van der Waals surface area contributed by atoms with Gasteiger partial charge in [0.05, 0.1) is 0 Å². The number of carbonyl (C=O) groups is 1. The van der Waals surface area contributed by atoms with E-state index in [9.17, 15) is 10.1 Å². The molecule has 1 aliphatic heterocycles. The van der Waals surface area contributed by atoms with Crippen molar-refractivity contribution in [2.75, 3.05) is 31.1 Å². The molecule has 32 heavy (non-hydrogen) atoms. The molecule has 7 nitrogen and oxygen atoms in total. The van der Waals surface area contributed by atoms with Gasteiger partial charge < -0.3 is 14.4 Å². The van der Waals surface area contributed by atoms with E-state index in [1.807, 2.05) is 12.1 Å². The van der Waals surface area contributed by atoms with Crippen molar-refractivity contribution < 1.29 is 4.79 Å². The Morgan fingerprint density at radius 3 is 2.66 bits per heavy atom. The Morgan fingerprint density at radius 2 is 1.94 bits per heavy atom. The van der Waals surface area contributed by atoms with E-state index < -0.39 is 0 Å². The van der Waals surface area contributed by atoms with Gasteiger partial charge in [0.25, 0.3) is 5.91 Å². The highest BCUT2D eigenvalue weighted by Crippen LogP contribution is 2.32. The van der Waals surface area contributed by atoms with Crippen LogP contribution in [0.4, 0.5) is 5.82 Å². The van der Waals surface area contributed by atoms with E-state index in [4.69, 9.17) is 0 Å². The van der Waals surface area contributed by atoms with E-state index >= 15 is 0 Å². The molecular formula is C25H32N6O. The number of aryl methyl sites for hydroxylation is 1. The van der Waals surface area contributed by atoms with Crippen LogP contribution in [0.3, 0.4) is 0 Å². The van der Waals surface area contributed by atoms with E-state index in [0.29, 0.717) is 25.7 Å². The number of carbonyl (C=O) groups excluding carboxylic acids is 1. The first-order chi connectivity index (χ1) is 15.6. The maximum absolute atomic E-state index is 13.2. The normalized spacial score (nSPS) is 18.3. The second-order valence-electron chi connectivity index (χ2n) is 8.87. The number of hydrogen-bond acceptors (Lipinski definition) is 5. The highest BCUT2D eigenvalue weighted by atomic mass is 16.2. The Balaban J connectivity index is 1.50. The predicted octanol–water partition coefficient (Wildman–Crippen LogP) is 4.05. The average molecular weight is 433 g/mol. The molecule has 0 aromatic carbocycles. The number of hydrogen-bond donors (Lipinski definition) is 0. The lowest BCUT2D eigenvalue weighted by atomic mass is 9.95. The Morgan fingerprint density at radius 1 is 1.12 bits per heavy atom. The van der Waals surface area contributed by atoms with Crippen LogP contribution >= 0.6 is 0 Å². The standard InChI is InChI=1S/C25H32N6O/c1-19-16-21(20(2)31(19)23-8-4-3-5-9-23)17-22(18-26)25(32)30-13-7-12-29(14-15-30)24-10-6-11-27-28-24/h6,10-11,16-17,23H,3-5,7-9,12-15H2,1-2H3/b22-17-. The van der Waals surface area contributed by atoms with Crippen LogP contribution in [-0.2, 0) is 4.79 Å². The van der Waals surface area contributed by atoms with Crippen molar-refractivity contribution in [2.45, 2.75) is 58.4 Å². The van der Waals surface area contributed by atoms with Crippen LogP contribution < -0.4 is 4.90 Å². The number of nitriles is 1. The summed E-state index contributed by atoms with van der Waals surface area (Å²) in [6.45, 7) is 6.93. The summed E-state index contributed by atoms with van der Waals surface area (Å²) in [4.78, 5) is 17.2. The smallest absolute Gasteiger partial charge is 0.264 e. The molecular weight excluding hydrogens is 400 g/mol. The minimum atomic E-state index is -0.184. The third kappa shape index (κ3) is 4.69. The molecule has 2 aromatic heterocycles. The Labute approximate surface area is 190 Å². The summed E-state index contributed by atoms with van der Waals surface area (Å²) in [5.41, 5.74) is 3.55. The Kier molecular flexibility index (Phi) is 6.89. The van der Waals surface area contributed by atoms with Crippen molar-refractivity contribution >= 4 is 17.8 Å². The van der Waals surface area contributed by atoms with Gasteiger partial charge in [0.2, 0.25) is 0 Å². The zero-order chi connectivity index (χ0) is 22.5. The minimum absolute atomic E-state index is 0.184. The zero-order valence-electron chi connectivity index (χ0n) is 19.1. The fourth-order valence-electron chi connectivity index (χ4n) is 5.13. The van der Waals surface area contributed by atoms with Gasteiger partial charge in [-0.25, -0.2) is 0 Å². The van der Waals surface area contributed by atoms with Crippen molar-refractivity contribution in [3.05, 3.63) is 46.9 Å². The van der Waals surface area contributed by atoms with Gasteiger partial charge in [-0.1, -0.05) is 19.3 Å². The van der Waals surface area contributed by atoms with Gasteiger partial charge in [0, 0.05) is 49.8 Å². The van der Waals surface area contributed by atoms with Gasteiger partial charge in [-0.2, -0.15) is 10.4 Å². The third-order valence-corrected chi connectivity index (χ3v) is 6.78. The first-order valence-corrected chi connectivity index (χ1v) is 11.7.